The molecule has 1 aromatic heterocycles. The summed E-state index contributed by atoms with van der Waals surface area (Å²) in [5, 5.41) is 13.8. The van der Waals surface area contributed by atoms with Crippen molar-refractivity contribution in [1.29, 1.82) is 0 Å². The normalized spacial score (nSPS) is 10.8. The van der Waals surface area contributed by atoms with Gasteiger partial charge in [-0.25, -0.2) is 0 Å². The van der Waals surface area contributed by atoms with Gasteiger partial charge in [0, 0.05) is 4.88 Å². The number of hydrogen-bond donors (Lipinski definition) is 1. The average molecular weight is 226 g/mol. The number of benzene rings is 2. The topological polar surface area (TPSA) is 20.2 Å². The van der Waals surface area contributed by atoms with Crippen LogP contribution < -0.4 is 0 Å². The Morgan fingerprint density at radius 2 is 1.88 bits per heavy atom. The zero-order valence-corrected chi connectivity index (χ0v) is 9.37. The van der Waals surface area contributed by atoms with Gasteiger partial charge in [-0.1, -0.05) is 30.3 Å². The van der Waals surface area contributed by atoms with Crippen molar-refractivity contribution in [1.82, 2.24) is 0 Å². The van der Waals surface area contributed by atoms with E-state index in [1.807, 2.05) is 18.2 Å². The molecule has 0 saturated carbocycles. The SMILES string of the molecule is Oc1ccc2c(-c3cccs3)cccc2c1. The van der Waals surface area contributed by atoms with Crippen LogP contribution >= 0.6 is 11.3 Å². The minimum absolute atomic E-state index is 0.316. The molecule has 0 spiro atoms. The Bertz CT molecular complexity index is 626. The van der Waals surface area contributed by atoms with Crippen LogP contribution in [0.1, 0.15) is 0 Å². The first-order valence-corrected chi connectivity index (χ1v) is 5.98. The van der Waals surface area contributed by atoms with Crippen LogP contribution in [-0.4, -0.2) is 5.11 Å². The quantitative estimate of drug-likeness (QED) is 0.656. The van der Waals surface area contributed by atoms with Crippen molar-refractivity contribution in [2.45, 2.75) is 0 Å². The fourth-order valence-corrected chi connectivity index (χ4v) is 2.68. The highest BCUT2D eigenvalue weighted by Gasteiger charge is 2.04. The van der Waals surface area contributed by atoms with E-state index in [9.17, 15) is 5.11 Å². The Morgan fingerprint density at radius 3 is 2.69 bits per heavy atom. The molecule has 0 unspecified atom stereocenters. The first kappa shape index (κ1) is 9.43. The van der Waals surface area contributed by atoms with E-state index in [1.165, 1.54) is 15.8 Å². The van der Waals surface area contributed by atoms with Crippen molar-refractivity contribution in [3.8, 4) is 16.2 Å². The molecule has 0 aliphatic carbocycles. The van der Waals surface area contributed by atoms with Gasteiger partial charge in [-0.3, -0.25) is 0 Å². The van der Waals surface area contributed by atoms with Crippen LogP contribution in [0.15, 0.2) is 53.9 Å². The van der Waals surface area contributed by atoms with Gasteiger partial charge in [0.2, 0.25) is 0 Å². The molecule has 1 N–H and O–H groups in total. The molecule has 1 nitrogen and oxygen atoms in total. The van der Waals surface area contributed by atoms with Crippen molar-refractivity contribution in [3.63, 3.8) is 0 Å². The maximum atomic E-state index is 9.45. The number of aromatic hydroxyl groups is 1. The van der Waals surface area contributed by atoms with E-state index < -0.39 is 0 Å². The van der Waals surface area contributed by atoms with E-state index in [1.54, 1.807) is 23.5 Å². The van der Waals surface area contributed by atoms with E-state index in [0.29, 0.717) is 5.75 Å². The van der Waals surface area contributed by atoms with Gasteiger partial charge in [0.05, 0.1) is 0 Å². The summed E-state index contributed by atoms with van der Waals surface area (Å²) in [6.07, 6.45) is 0. The fraction of sp³-hybridized carbons (Fsp3) is 0. The van der Waals surface area contributed by atoms with Crippen LogP contribution in [-0.2, 0) is 0 Å². The third kappa shape index (κ3) is 1.48. The molecule has 0 fully saturated rings. The lowest BCUT2D eigenvalue weighted by Gasteiger charge is -2.04. The lowest BCUT2D eigenvalue weighted by molar-refractivity contribution is 0.476. The van der Waals surface area contributed by atoms with E-state index in [-0.39, 0.29) is 0 Å². The number of hydrogen-bond acceptors (Lipinski definition) is 2. The van der Waals surface area contributed by atoms with Crippen LogP contribution in [0.3, 0.4) is 0 Å². The molecule has 0 radical (unpaired) electrons. The second kappa shape index (κ2) is 3.65. The molecule has 0 bridgehead atoms. The Balaban J connectivity index is 2.34. The monoisotopic (exact) mass is 226 g/mol. The predicted molar refractivity (Wildman–Crippen MR) is 68.9 cm³/mol. The first-order valence-electron chi connectivity index (χ1n) is 5.10. The molecule has 0 saturated heterocycles. The molecule has 0 aliphatic rings. The van der Waals surface area contributed by atoms with Gasteiger partial charge in [0.15, 0.2) is 0 Å². The number of thiophene rings is 1. The zero-order chi connectivity index (χ0) is 11.0. The fourth-order valence-electron chi connectivity index (χ4n) is 1.92. The largest absolute Gasteiger partial charge is 0.508 e. The minimum atomic E-state index is 0.316. The Labute approximate surface area is 97.6 Å². The number of rotatable bonds is 1. The third-order valence-electron chi connectivity index (χ3n) is 2.65. The maximum absolute atomic E-state index is 9.45. The van der Waals surface area contributed by atoms with Crippen molar-refractivity contribution in [2.75, 3.05) is 0 Å². The summed E-state index contributed by atoms with van der Waals surface area (Å²) in [7, 11) is 0. The Kier molecular flexibility index (Phi) is 2.15. The minimum Gasteiger partial charge on any atom is -0.508 e. The summed E-state index contributed by atoms with van der Waals surface area (Å²) in [6, 6.07) is 15.8. The average Bonchev–Trinajstić information content (AvgIpc) is 2.81. The highest BCUT2D eigenvalue weighted by atomic mass is 32.1. The highest BCUT2D eigenvalue weighted by molar-refractivity contribution is 7.13. The van der Waals surface area contributed by atoms with Crippen LogP contribution in [0.2, 0.25) is 0 Å². The summed E-state index contributed by atoms with van der Waals surface area (Å²) in [5.74, 6) is 0.316. The smallest absolute Gasteiger partial charge is 0.116 e. The van der Waals surface area contributed by atoms with Crippen LogP contribution in [0.5, 0.6) is 5.75 Å². The molecular formula is C14H10OS. The number of phenolic OH excluding ortho intramolecular Hbond substituents is 1. The van der Waals surface area contributed by atoms with Crippen molar-refractivity contribution >= 4 is 22.1 Å². The standard InChI is InChI=1S/C14H10OS/c15-11-6-7-12-10(9-11)3-1-4-13(12)14-5-2-8-16-14/h1-9,15H. The molecule has 1 heterocycles. The van der Waals surface area contributed by atoms with Gasteiger partial charge in [-0.05, 0) is 39.9 Å². The summed E-state index contributed by atoms with van der Waals surface area (Å²) in [6.45, 7) is 0. The molecule has 0 aliphatic heterocycles. The number of fused-ring (bicyclic) bond motifs is 1. The van der Waals surface area contributed by atoms with Crippen molar-refractivity contribution in [3.05, 3.63) is 53.9 Å². The lowest BCUT2D eigenvalue weighted by Crippen LogP contribution is -1.77. The molecular weight excluding hydrogens is 216 g/mol. The third-order valence-corrected chi connectivity index (χ3v) is 3.55. The van der Waals surface area contributed by atoms with Gasteiger partial charge in [-0.2, -0.15) is 0 Å². The summed E-state index contributed by atoms with van der Waals surface area (Å²) in [5.41, 5.74) is 1.23. The van der Waals surface area contributed by atoms with Crippen molar-refractivity contribution < 1.29 is 5.11 Å². The molecule has 78 valence electrons. The van der Waals surface area contributed by atoms with Gasteiger partial charge < -0.3 is 5.11 Å². The first-order chi connectivity index (χ1) is 7.84. The van der Waals surface area contributed by atoms with Gasteiger partial charge in [-0.15, -0.1) is 11.3 Å². The van der Waals surface area contributed by atoms with Gasteiger partial charge in [0.25, 0.3) is 0 Å². The molecule has 0 amide bonds. The van der Waals surface area contributed by atoms with Crippen LogP contribution in [0.4, 0.5) is 0 Å². The van der Waals surface area contributed by atoms with Gasteiger partial charge >= 0.3 is 0 Å². The molecule has 3 aromatic rings. The number of phenols is 1. The predicted octanol–water partition coefficient (Wildman–Crippen LogP) is 4.27. The van der Waals surface area contributed by atoms with Gasteiger partial charge in [0.1, 0.15) is 5.75 Å². The molecule has 2 heteroatoms. The Morgan fingerprint density at radius 1 is 0.938 bits per heavy atom. The second-order valence-electron chi connectivity index (χ2n) is 3.69. The van der Waals surface area contributed by atoms with E-state index in [2.05, 4.69) is 23.6 Å². The molecule has 0 atom stereocenters. The summed E-state index contributed by atoms with van der Waals surface area (Å²) >= 11 is 1.73. The second-order valence-corrected chi connectivity index (χ2v) is 4.64. The summed E-state index contributed by atoms with van der Waals surface area (Å²) < 4.78 is 0. The van der Waals surface area contributed by atoms with Crippen LogP contribution in [0, 0.1) is 0 Å². The molecule has 3 rings (SSSR count). The van der Waals surface area contributed by atoms with Crippen molar-refractivity contribution in [2.24, 2.45) is 0 Å². The Hall–Kier alpha value is -1.80. The van der Waals surface area contributed by atoms with E-state index in [0.717, 1.165) is 5.39 Å². The molecule has 16 heavy (non-hydrogen) atoms. The lowest BCUT2D eigenvalue weighted by atomic mass is 10.0. The molecule has 2 aromatic carbocycles. The maximum Gasteiger partial charge on any atom is 0.116 e. The van der Waals surface area contributed by atoms with E-state index in [4.69, 9.17) is 0 Å². The van der Waals surface area contributed by atoms with Crippen LogP contribution in [0.25, 0.3) is 21.2 Å². The highest BCUT2D eigenvalue weighted by Crippen LogP contribution is 2.32. The van der Waals surface area contributed by atoms with E-state index >= 15 is 0 Å². The zero-order valence-electron chi connectivity index (χ0n) is 8.55. The summed E-state index contributed by atoms with van der Waals surface area (Å²) in [4.78, 5) is 1.26.